The molecule has 7 atom stereocenters. The third-order valence-electron chi connectivity index (χ3n) is 8.68. The van der Waals surface area contributed by atoms with Crippen LogP contribution in [0.5, 0.6) is 5.75 Å². The second-order valence-electron chi connectivity index (χ2n) is 12.7. The Balaban J connectivity index is 1.80. The zero-order valence-corrected chi connectivity index (χ0v) is 26.6. The van der Waals surface area contributed by atoms with Gasteiger partial charge in [0.25, 0.3) is 0 Å². The van der Waals surface area contributed by atoms with Crippen molar-refractivity contribution in [1.82, 2.24) is 10.2 Å². The minimum atomic E-state index is -1.05. The Bertz CT molecular complexity index is 1080. The number of amides is 2. The summed E-state index contributed by atoms with van der Waals surface area (Å²) in [5, 5.41) is 23.6. The summed E-state index contributed by atoms with van der Waals surface area (Å²) in [4.78, 5) is 42.6. The van der Waals surface area contributed by atoms with Crippen molar-refractivity contribution in [1.29, 1.82) is 0 Å². The maximum atomic E-state index is 14.0. The summed E-state index contributed by atoms with van der Waals surface area (Å²) in [7, 11) is 0. The quantitative estimate of drug-likeness (QED) is 0.196. The van der Waals surface area contributed by atoms with E-state index in [9.17, 15) is 24.6 Å². The summed E-state index contributed by atoms with van der Waals surface area (Å²) in [5.41, 5.74) is 2.01. The molecule has 2 fully saturated rings. The Labute approximate surface area is 257 Å². The molecular formula is C34H52N2O7. The van der Waals surface area contributed by atoms with E-state index in [1.165, 1.54) is 5.57 Å². The number of aliphatic hydroxyl groups is 2. The van der Waals surface area contributed by atoms with E-state index < -0.39 is 42.1 Å². The molecule has 1 aromatic rings. The van der Waals surface area contributed by atoms with Gasteiger partial charge in [0.05, 0.1) is 18.1 Å². The van der Waals surface area contributed by atoms with E-state index in [4.69, 9.17) is 9.47 Å². The molecule has 3 N–H and O–H groups in total. The first kappa shape index (κ1) is 34.6. The van der Waals surface area contributed by atoms with Crippen LogP contribution < -0.4 is 10.1 Å². The molecule has 0 saturated carbocycles. The van der Waals surface area contributed by atoms with Crippen molar-refractivity contribution in [2.75, 3.05) is 13.2 Å². The number of hydrogen-bond donors (Lipinski definition) is 3. The van der Waals surface area contributed by atoms with E-state index in [-0.39, 0.29) is 30.8 Å². The minimum Gasteiger partial charge on any atom is -0.490 e. The van der Waals surface area contributed by atoms with Gasteiger partial charge in [-0.2, -0.15) is 0 Å². The van der Waals surface area contributed by atoms with Crippen molar-refractivity contribution < 1.29 is 34.1 Å². The first-order chi connectivity index (χ1) is 20.5. The molecule has 2 saturated heterocycles. The lowest BCUT2D eigenvalue weighted by Gasteiger charge is -2.39. The summed E-state index contributed by atoms with van der Waals surface area (Å²) >= 11 is 0. The number of fused-ring (bicyclic) bond motifs is 1. The predicted octanol–water partition coefficient (Wildman–Crippen LogP) is 4.33. The number of carbonyl (C=O) groups excluding carboxylic acids is 3. The molecule has 240 valence electrons. The molecule has 0 spiro atoms. The van der Waals surface area contributed by atoms with Crippen LogP contribution in [-0.2, 0) is 25.5 Å². The van der Waals surface area contributed by atoms with Crippen LogP contribution in [0, 0.1) is 11.8 Å². The van der Waals surface area contributed by atoms with Crippen molar-refractivity contribution in [3.8, 4) is 5.75 Å². The number of hydrogen-bond acceptors (Lipinski definition) is 7. The Hall–Kier alpha value is -2.91. The van der Waals surface area contributed by atoms with Gasteiger partial charge < -0.3 is 29.9 Å². The van der Waals surface area contributed by atoms with Gasteiger partial charge in [0.1, 0.15) is 30.5 Å². The van der Waals surface area contributed by atoms with Crippen LogP contribution in [0.1, 0.15) is 91.5 Å². The Morgan fingerprint density at radius 1 is 1.12 bits per heavy atom. The molecule has 6 unspecified atom stereocenters. The minimum absolute atomic E-state index is 0.0553. The van der Waals surface area contributed by atoms with E-state index in [1.807, 2.05) is 51.1 Å². The molecule has 2 amide bonds. The first-order valence-corrected chi connectivity index (χ1v) is 16.0. The normalized spacial score (nSPS) is 26.6. The molecule has 9 heteroatoms. The van der Waals surface area contributed by atoms with Crippen LogP contribution in [0.15, 0.2) is 35.9 Å². The van der Waals surface area contributed by atoms with E-state index in [2.05, 4.69) is 5.32 Å². The number of piperidine rings is 1. The smallest absolute Gasteiger partial charge is 0.329 e. The van der Waals surface area contributed by atoms with Gasteiger partial charge in [-0.3, -0.25) is 9.59 Å². The summed E-state index contributed by atoms with van der Waals surface area (Å²) in [6.45, 7) is 10.3. The van der Waals surface area contributed by atoms with Crippen molar-refractivity contribution in [2.45, 2.75) is 123 Å². The van der Waals surface area contributed by atoms with Crippen LogP contribution >= 0.6 is 0 Å². The van der Waals surface area contributed by atoms with Gasteiger partial charge >= 0.3 is 5.97 Å². The summed E-state index contributed by atoms with van der Waals surface area (Å²) in [5.74, 6) is -1.32. The number of aliphatic hydroxyl groups excluding tert-OH is 2. The molecule has 0 bridgehead atoms. The molecule has 2 aliphatic heterocycles. The maximum Gasteiger partial charge on any atom is 0.329 e. The summed E-state index contributed by atoms with van der Waals surface area (Å²) in [6.07, 6.45) is 5.60. The Kier molecular flexibility index (Phi) is 13.5. The number of ether oxygens (including phenoxy) is 2. The van der Waals surface area contributed by atoms with Crippen LogP contribution in [0.2, 0.25) is 0 Å². The highest BCUT2D eigenvalue weighted by Gasteiger charge is 2.40. The lowest BCUT2D eigenvalue weighted by atomic mass is 9.89. The molecule has 9 nitrogen and oxygen atoms in total. The predicted molar refractivity (Wildman–Crippen MR) is 165 cm³/mol. The molecule has 2 heterocycles. The standard InChI is InChI=1S/C34H52N2O7/c1-22(2)17-19-42-27-15-13-26(14-16-27)20-28-33(40)36-18-9-8-12-29(36)34(41)43-31(21-30(38)25(5)32(39)35-28)23(3)10-6-7-11-24(4)37/h13-17,23-25,28-31,37-38H,6-12,18-21H2,1-5H3,(H,35,39)/t23?,24?,25?,28?,29-,30?,31?/m0/s1. The molecule has 2 aliphatic rings. The molecular weight excluding hydrogens is 548 g/mol. The van der Waals surface area contributed by atoms with E-state index in [0.29, 0.717) is 31.7 Å². The number of allylic oxidation sites excluding steroid dienone is 1. The van der Waals surface area contributed by atoms with E-state index >= 15 is 0 Å². The first-order valence-electron chi connectivity index (χ1n) is 16.0. The van der Waals surface area contributed by atoms with E-state index in [1.54, 1.807) is 18.7 Å². The fourth-order valence-electron chi connectivity index (χ4n) is 5.74. The monoisotopic (exact) mass is 600 g/mol. The van der Waals surface area contributed by atoms with Crippen LogP contribution in [0.4, 0.5) is 0 Å². The fourth-order valence-corrected chi connectivity index (χ4v) is 5.74. The highest BCUT2D eigenvalue weighted by Crippen LogP contribution is 2.27. The third-order valence-corrected chi connectivity index (χ3v) is 8.68. The van der Waals surface area contributed by atoms with Gasteiger partial charge in [-0.15, -0.1) is 0 Å². The zero-order valence-electron chi connectivity index (χ0n) is 26.6. The fraction of sp³-hybridized carbons (Fsp3) is 0.676. The van der Waals surface area contributed by atoms with Gasteiger partial charge in [0.15, 0.2) is 0 Å². The van der Waals surface area contributed by atoms with Crippen molar-refractivity contribution in [3.05, 3.63) is 41.5 Å². The van der Waals surface area contributed by atoms with Gasteiger partial charge in [-0.05, 0) is 82.6 Å². The van der Waals surface area contributed by atoms with Crippen LogP contribution in [0.3, 0.4) is 0 Å². The topological polar surface area (TPSA) is 125 Å². The van der Waals surface area contributed by atoms with Crippen molar-refractivity contribution in [2.24, 2.45) is 11.8 Å². The SMILES string of the molecule is CC(C)=CCOc1ccc(CC2NC(=O)C(C)C(O)CC(C(C)CCCCC(C)O)OC(=O)[C@@H]3CCCCN3C2=O)cc1. The maximum absolute atomic E-state index is 14.0. The van der Waals surface area contributed by atoms with Crippen LogP contribution in [-0.4, -0.2) is 76.4 Å². The average Bonchev–Trinajstić information content (AvgIpc) is 2.97. The van der Waals surface area contributed by atoms with Gasteiger partial charge in [0, 0.05) is 19.4 Å². The van der Waals surface area contributed by atoms with Crippen molar-refractivity contribution >= 4 is 17.8 Å². The van der Waals surface area contributed by atoms with Crippen molar-refractivity contribution in [3.63, 3.8) is 0 Å². The number of esters is 1. The number of nitrogens with one attached hydrogen (secondary N) is 1. The molecule has 1 aromatic carbocycles. The lowest BCUT2D eigenvalue weighted by Crippen LogP contribution is -2.58. The van der Waals surface area contributed by atoms with Gasteiger partial charge in [-0.1, -0.05) is 44.4 Å². The molecule has 3 rings (SSSR count). The molecule has 43 heavy (non-hydrogen) atoms. The number of rotatable bonds is 11. The average molecular weight is 601 g/mol. The van der Waals surface area contributed by atoms with Crippen LogP contribution in [0.25, 0.3) is 0 Å². The van der Waals surface area contributed by atoms with Gasteiger partial charge in [-0.25, -0.2) is 4.79 Å². The second kappa shape index (κ2) is 16.8. The molecule has 0 aromatic heterocycles. The second-order valence-corrected chi connectivity index (χ2v) is 12.7. The van der Waals surface area contributed by atoms with Gasteiger partial charge in [0.2, 0.25) is 11.8 Å². The number of benzene rings is 1. The number of cyclic esters (lactones) is 1. The molecule has 0 radical (unpaired) electrons. The lowest BCUT2D eigenvalue weighted by molar-refractivity contribution is -0.167. The highest BCUT2D eigenvalue weighted by atomic mass is 16.5. The Morgan fingerprint density at radius 2 is 1.81 bits per heavy atom. The van der Waals surface area contributed by atoms with E-state index in [0.717, 1.165) is 37.7 Å². The highest BCUT2D eigenvalue weighted by molar-refractivity contribution is 5.92. The Morgan fingerprint density at radius 3 is 2.49 bits per heavy atom. The summed E-state index contributed by atoms with van der Waals surface area (Å²) < 4.78 is 11.8. The number of carbonyl (C=O) groups is 3. The number of nitrogens with zero attached hydrogens (tertiary/aromatic N) is 1. The number of unbranched alkanes of at least 4 members (excludes halogenated alkanes) is 1. The zero-order chi connectivity index (χ0) is 31.5. The largest absolute Gasteiger partial charge is 0.490 e. The molecule has 0 aliphatic carbocycles. The third kappa shape index (κ3) is 10.6. The summed E-state index contributed by atoms with van der Waals surface area (Å²) in [6, 6.07) is 5.81.